The smallest absolute Gasteiger partial charge is 0.243 e. The SMILES string of the molecule is c1ccc2c(-c3ncco3)c(-c3ncco3)[nH]c2c1. The summed E-state index contributed by atoms with van der Waals surface area (Å²) in [6.45, 7) is 0. The van der Waals surface area contributed by atoms with Gasteiger partial charge in [-0.2, -0.15) is 0 Å². The molecule has 0 aliphatic heterocycles. The molecular weight excluding hydrogens is 242 g/mol. The Morgan fingerprint density at radius 1 is 0.895 bits per heavy atom. The van der Waals surface area contributed by atoms with E-state index in [0.29, 0.717) is 11.8 Å². The zero-order chi connectivity index (χ0) is 12.7. The summed E-state index contributed by atoms with van der Waals surface area (Å²) in [6.07, 6.45) is 6.33. The number of nitrogens with zero attached hydrogens (tertiary/aromatic N) is 2. The van der Waals surface area contributed by atoms with E-state index in [1.165, 1.54) is 0 Å². The molecular formula is C14H9N3O2. The Bertz CT molecular complexity index is 814. The monoisotopic (exact) mass is 251 g/mol. The molecule has 3 aromatic heterocycles. The lowest BCUT2D eigenvalue weighted by Crippen LogP contribution is -1.82. The minimum atomic E-state index is 0.518. The molecule has 92 valence electrons. The number of fused-ring (bicyclic) bond motifs is 1. The normalized spacial score (nSPS) is 11.2. The van der Waals surface area contributed by atoms with E-state index in [4.69, 9.17) is 8.83 Å². The van der Waals surface area contributed by atoms with Gasteiger partial charge in [-0.05, 0) is 6.07 Å². The fourth-order valence-electron chi connectivity index (χ4n) is 2.22. The van der Waals surface area contributed by atoms with Crippen molar-refractivity contribution in [3.05, 3.63) is 49.2 Å². The van der Waals surface area contributed by atoms with Crippen LogP contribution in [-0.4, -0.2) is 15.0 Å². The number of oxazole rings is 2. The first-order chi connectivity index (χ1) is 9.43. The first-order valence-electron chi connectivity index (χ1n) is 5.84. The Labute approximate surface area is 107 Å². The molecule has 0 aliphatic carbocycles. The number of aromatic amines is 1. The van der Waals surface area contributed by atoms with E-state index < -0.39 is 0 Å². The van der Waals surface area contributed by atoms with Crippen LogP contribution in [0.5, 0.6) is 0 Å². The third kappa shape index (κ3) is 1.48. The average Bonchev–Trinajstić information content (AvgIpc) is 3.17. The molecule has 4 rings (SSSR count). The lowest BCUT2D eigenvalue weighted by molar-refractivity contribution is 0.566. The molecule has 0 bridgehead atoms. The van der Waals surface area contributed by atoms with E-state index >= 15 is 0 Å². The van der Waals surface area contributed by atoms with Gasteiger partial charge in [0.2, 0.25) is 11.8 Å². The number of benzene rings is 1. The topological polar surface area (TPSA) is 67.8 Å². The predicted molar refractivity (Wildman–Crippen MR) is 69.3 cm³/mol. The third-order valence-electron chi connectivity index (χ3n) is 3.00. The summed E-state index contributed by atoms with van der Waals surface area (Å²) >= 11 is 0. The summed E-state index contributed by atoms with van der Waals surface area (Å²) < 4.78 is 10.8. The van der Waals surface area contributed by atoms with Crippen molar-refractivity contribution in [3.63, 3.8) is 0 Å². The van der Waals surface area contributed by atoms with Crippen LogP contribution in [0.2, 0.25) is 0 Å². The molecule has 0 spiro atoms. The van der Waals surface area contributed by atoms with Gasteiger partial charge in [-0.1, -0.05) is 18.2 Å². The number of hydrogen-bond acceptors (Lipinski definition) is 4. The molecule has 0 fully saturated rings. The van der Waals surface area contributed by atoms with Gasteiger partial charge in [0.15, 0.2) is 0 Å². The van der Waals surface area contributed by atoms with Gasteiger partial charge in [-0.25, -0.2) is 9.97 Å². The summed E-state index contributed by atoms with van der Waals surface area (Å²) in [4.78, 5) is 11.7. The molecule has 0 unspecified atom stereocenters. The van der Waals surface area contributed by atoms with Crippen molar-refractivity contribution >= 4 is 10.9 Å². The van der Waals surface area contributed by atoms with Crippen LogP contribution < -0.4 is 0 Å². The molecule has 5 heteroatoms. The summed E-state index contributed by atoms with van der Waals surface area (Å²) in [5.74, 6) is 1.06. The van der Waals surface area contributed by atoms with Crippen LogP contribution in [0, 0.1) is 0 Å². The van der Waals surface area contributed by atoms with E-state index in [0.717, 1.165) is 22.2 Å². The quantitative estimate of drug-likeness (QED) is 0.592. The maximum atomic E-state index is 5.42. The number of nitrogens with one attached hydrogen (secondary N) is 1. The van der Waals surface area contributed by atoms with Gasteiger partial charge >= 0.3 is 0 Å². The molecule has 1 N–H and O–H groups in total. The Hall–Kier alpha value is -2.82. The molecule has 19 heavy (non-hydrogen) atoms. The van der Waals surface area contributed by atoms with Crippen molar-refractivity contribution in [2.24, 2.45) is 0 Å². The maximum Gasteiger partial charge on any atom is 0.243 e. The van der Waals surface area contributed by atoms with Crippen molar-refractivity contribution in [2.45, 2.75) is 0 Å². The van der Waals surface area contributed by atoms with E-state index in [2.05, 4.69) is 15.0 Å². The molecule has 0 saturated carbocycles. The zero-order valence-corrected chi connectivity index (χ0v) is 9.83. The Kier molecular flexibility index (Phi) is 2.05. The third-order valence-corrected chi connectivity index (χ3v) is 3.00. The second-order valence-corrected chi connectivity index (χ2v) is 4.10. The lowest BCUT2D eigenvalue weighted by Gasteiger charge is -1.96. The van der Waals surface area contributed by atoms with Gasteiger partial charge in [-0.15, -0.1) is 0 Å². The van der Waals surface area contributed by atoms with Crippen LogP contribution in [0.3, 0.4) is 0 Å². The standard InChI is InChI=1S/C14H9N3O2/c1-2-4-10-9(3-1)11(13-15-5-7-18-13)12(17-10)14-16-6-8-19-14/h1-8,17H. The highest BCUT2D eigenvalue weighted by Crippen LogP contribution is 2.36. The largest absolute Gasteiger partial charge is 0.444 e. The predicted octanol–water partition coefficient (Wildman–Crippen LogP) is 3.48. The minimum Gasteiger partial charge on any atom is -0.444 e. The van der Waals surface area contributed by atoms with E-state index in [1.54, 1.807) is 24.9 Å². The molecule has 3 heterocycles. The van der Waals surface area contributed by atoms with Crippen molar-refractivity contribution in [1.82, 2.24) is 15.0 Å². The van der Waals surface area contributed by atoms with Crippen LogP contribution in [0.15, 0.2) is 58.0 Å². The molecule has 0 aliphatic rings. The molecule has 4 aromatic rings. The van der Waals surface area contributed by atoms with Gasteiger partial charge in [-0.3, -0.25) is 0 Å². The summed E-state index contributed by atoms with van der Waals surface area (Å²) in [7, 11) is 0. The van der Waals surface area contributed by atoms with E-state index in [1.807, 2.05) is 24.3 Å². The van der Waals surface area contributed by atoms with Crippen LogP contribution in [0.4, 0.5) is 0 Å². The molecule has 0 atom stereocenters. The molecule has 0 saturated heterocycles. The number of aromatic nitrogens is 3. The summed E-state index contributed by atoms with van der Waals surface area (Å²) in [5, 5.41) is 1.03. The lowest BCUT2D eigenvalue weighted by atomic mass is 10.1. The van der Waals surface area contributed by atoms with E-state index in [9.17, 15) is 0 Å². The summed E-state index contributed by atoms with van der Waals surface area (Å²) in [5.41, 5.74) is 2.63. The van der Waals surface area contributed by atoms with Crippen molar-refractivity contribution in [1.29, 1.82) is 0 Å². The van der Waals surface area contributed by atoms with Gasteiger partial charge in [0.1, 0.15) is 18.2 Å². The van der Waals surface area contributed by atoms with Gasteiger partial charge in [0, 0.05) is 10.9 Å². The second-order valence-electron chi connectivity index (χ2n) is 4.10. The second kappa shape index (κ2) is 3.84. The highest BCUT2D eigenvalue weighted by molar-refractivity contribution is 6.00. The van der Waals surface area contributed by atoms with E-state index in [-0.39, 0.29) is 0 Å². The molecule has 0 radical (unpaired) electrons. The van der Waals surface area contributed by atoms with Gasteiger partial charge < -0.3 is 13.8 Å². The van der Waals surface area contributed by atoms with Gasteiger partial charge in [0.05, 0.1) is 18.0 Å². The molecule has 5 nitrogen and oxygen atoms in total. The molecule has 1 aromatic carbocycles. The van der Waals surface area contributed by atoms with Gasteiger partial charge in [0.25, 0.3) is 0 Å². The number of hydrogen-bond donors (Lipinski definition) is 1. The number of H-pyrrole nitrogens is 1. The Balaban J connectivity index is 2.10. The Morgan fingerprint density at radius 3 is 2.37 bits per heavy atom. The van der Waals surface area contributed by atoms with Crippen molar-refractivity contribution in [2.75, 3.05) is 0 Å². The summed E-state index contributed by atoms with van der Waals surface area (Å²) in [6, 6.07) is 7.95. The zero-order valence-electron chi connectivity index (χ0n) is 9.83. The maximum absolute atomic E-state index is 5.42. The molecule has 0 amide bonds. The van der Waals surface area contributed by atoms with Crippen LogP contribution in [0.1, 0.15) is 0 Å². The van der Waals surface area contributed by atoms with Crippen molar-refractivity contribution in [3.8, 4) is 23.0 Å². The fraction of sp³-hybridized carbons (Fsp3) is 0. The average molecular weight is 251 g/mol. The Morgan fingerprint density at radius 2 is 1.63 bits per heavy atom. The number of rotatable bonds is 2. The first-order valence-corrected chi connectivity index (χ1v) is 5.84. The van der Waals surface area contributed by atoms with Crippen LogP contribution in [0.25, 0.3) is 33.9 Å². The van der Waals surface area contributed by atoms with Crippen LogP contribution in [-0.2, 0) is 0 Å². The first kappa shape index (κ1) is 10.1. The fourth-order valence-corrected chi connectivity index (χ4v) is 2.22. The highest BCUT2D eigenvalue weighted by Gasteiger charge is 2.20. The minimum absolute atomic E-state index is 0.518. The number of para-hydroxylation sites is 1. The van der Waals surface area contributed by atoms with Crippen LogP contribution >= 0.6 is 0 Å². The highest BCUT2D eigenvalue weighted by atomic mass is 16.3. The van der Waals surface area contributed by atoms with Crippen molar-refractivity contribution < 1.29 is 8.83 Å².